The van der Waals surface area contributed by atoms with E-state index in [0.717, 1.165) is 0 Å². The molecule has 2 unspecified atom stereocenters. The van der Waals surface area contributed by atoms with Crippen LogP contribution in [0, 0.1) is 16.0 Å². The molecule has 1 aliphatic heterocycles. The number of aliphatic carboxylic acids is 1. The molecule has 0 saturated carbocycles. The lowest BCUT2D eigenvalue weighted by atomic mass is 9.89. The van der Waals surface area contributed by atoms with Gasteiger partial charge in [0.1, 0.15) is 0 Å². The first-order chi connectivity index (χ1) is 7.11. The maximum atomic E-state index is 10.8. The fourth-order valence-electron chi connectivity index (χ4n) is 1.80. The van der Waals surface area contributed by atoms with Crippen LogP contribution in [-0.4, -0.2) is 22.0 Å². The number of hydrogen-bond donors (Lipinski definition) is 2. The Morgan fingerprint density at radius 2 is 2.33 bits per heavy atom. The monoisotopic (exact) mass is 208 g/mol. The number of allylic oxidation sites excluding steroid dienone is 2. The molecule has 1 aliphatic carbocycles. The van der Waals surface area contributed by atoms with Gasteiger partial charge in [0.15, 0.2) is 0 Å². The maximum absolute atomic E-state index is 10.8. The van der Waals surface area contributed by atoms with Gasteiger partial charge in [-0.1, -0.05) is 12.2 Å². The van der Waals surface area contributed by atoms with Crippen LogP contribution in [0.15, 0.2) is 35.7 Å². The highest BCUT2D eigenvalue weighted by molar-refractivity contribution is 5.89. The molecule has 0 bridgehead atoms. The van der Waals surface area contributed by atoms with Gasteiger partial charge in [0.2, 0.25) is 0 Å². The number of nitrogens with zero attached hydrogens (tertiary/aromatic N) is 1. The number of nitrogens with one attached hydrogen (secondary N) is 1. The summed E-state index contributed by atoms with van der Waals surface area (Å²) < 4.78 is 0. The van der Waals surface area contributed by atoms with Gasteiger partial charge in [0.05, 0.1) is 28.7 Å². The van der Waals surface area contributed by atoms with Crippen molar-refractivity contribution in [1.82, 2.24) is 5.32 Å². The summed E-state index contributed by atoms with van der Waals surface area (Å²) in [5, 5.41) is 22.2. The second kappa shape index (κ2) is 3.23. The van der Waals surface area contributed by atoms with E-state index in [9.17, 15) is 14.9 Å². The number of hydrogen-bond acceptors (Lipinski definition) is 4. The van der Waals surface area contributed by atoms with E-state index in [0.29, 0.717) is 0 Å². The molecule has 2 rings (SSSR count). The Labute approximate surface area is 84.7 Å². The van der Waals surface area contributed by atoms with Crippen LogP contribution < -0.4 is 5.32 Å². The molecule has 6 heteroatoms. The number of fused-ring (bicyclic) bond motifs is 1. The van der Waals surface area contributed by atoms with Gasteiger partial charge in [0, 0.05) is 0 Å². The zero-order valence-electron chi connectivity index (χ0n) is 7.58. The average Bonchev–Trinajstić information content (AvgIpc) is 2.59. The van der Waals surface area contributed by atoms with E-state index >= 15 is 0 Å². The molecule has 1 heterocycles. The number of rotatable bonds is 2. The molecule has 0 aromatic carbocycles. The minimum Gasteiger partial charge on any atom is -0.478 e. The Hall–Kier alpha value is -2.11. The van der Waals surface area contributed by atoms with E-state index in [-0.39, 0.29) is 11.3 Å². The molecule has 0 radical (unpaired) electrons. The summed E-state index contributed by atoms with van der Waals surface area (Å²) in [7, 11) is 0. The number of nitro groups is 1. The lowest BCUT2D eigenvalue weighted by Crippen LogP contribution is -2.34. The van der Waals surface area contributed by atoms with Gasteiger partial charge < -0.3 is 10.4 Å². The van der Waals surface area contributed by atoms with Gasteiger partial charge in [-0.05, 0) is 6.08 Å². The van der Waals surface area contributed by atoms with Crippen LogP contribution in [0.25, 0.3) is 0 Å². The van der Waals surface area contributed by atoms with E-state index in [1.54, 1.807) is 6.08 Å². The summed E-state index contributed by atoms with van der Waals surface area (Å²) in [6, 6.07) is -0.520. The van der Waals surface area contributed by atoms with Crippen LogP contribution >= 0.6 is 0 Å². The molecule has 0 spiro atoms. The lowest BCUT2D eigenvalue weighted by Gasteiger charge is -2.19. The Balaban J connectivity index is 2.30. The molecule has 6 nitrogen and oxygen atoms in total. The van der Waals surface area contributed by atoms with Gasteiger partial charge >= 0.3 is 5.97 Å². The van der Waals surface area contributed by atoms with Crippen LogP contribution in [0.1, 0.15) is 0 Å². The zero-order chi connectivity index (χ0) is 11.0. The number of carbonyl (C=O) groups is 1. The second-order valence-corrected chi connectivity index (χ2v) is 3.31. The molecule has 15 heavy (non-hydrogen) atoms. The summed E-state index contributed by atoms with van der Waals surface area (Å²) in [4.78, 5) is 21.0. The largest absolute Gasteiger partial charge is 0.478 e. The standard InChI is InChI=1S/C9H8N2O4/c12-9(13)6-3-1-2-5-7(11(14)15)4-10-8(5)6/h1-5,8,10H,(H,12,13). The molecule has 2 N–H and O–H groups in total. The molecular weight excluding hydrogens is 200 g/mol. The minimum atomic E-state index is -1.06. The van der Waals surface area contributed by atoms with Crippen LogP contribution in [0.4, 0.5) is 0 Å². The topological polar surface area (TPSA) is 92.5 Å². The van der Waals surface area contributed by atoms with Gasteiger partial charge in [-0.15, -0.1) is 0 Å². The number of carboxylic acid groups (broad SMARTS) is 1. The summed E-state index contributed by atoms with van der Waals surface area (Å²) in [6.07, 6.45) is 5.88. The second-order valence-electron chi connectivity index (χ2n) is 3.31. The van der Waals surface area contributed by atoms with Gasteiger partial charge in [0.25, 0.3) is 5.70 Å². The molecule has 2 aliphatic rings. The van der Waals surface area contributed by atoms with E-state index in [1.807, 2.05) is 0 Å². The molecule has 0 amide bonds. The highest BCUT2D eigenvalue weighted by Gasteiger charge is 2.40. The predicted molar refractivity (Wildman–Crippen MR) is 50.3 cm³/mol. The van der Waals surface area contributed by atoms with Gasteiger partial charge in [-0.25, -0.2) is 4.79 Å². The van der Waals surface area contributed by atoms with Gasteiger partial charge in [-0.3, -0.25) is 10.1 Å². The molecule has 0 aromatic rings. The zero-order valence-corrected chi connectivity index (χ0v) is 7.58. The molecular formula is C9H8N2O4. The molecule has 0 fully saturated rings. The fourth-order valence-corrected chi connectivity index (χ4v) is 1.80. The third kappa shape index (κ3) is 1.39. The van der Waals surface area contributed by atoms with Crippen molar-refractivity contribution in [2.75, 3.05) is 0 Å². The molecule has 78 valence electrons. The van der Waals surface area contributed by atoms with Crippen LogP contribution in [0.3, 0.4) is 0 Å². The first-order valence-corrected chi connectivity index (χ1v) is 4.33. The van der Waals surface area contributed by atoms with Crippen LogP contribution in [0.2, 0.25) is 0 Å². The van der Waals surface area contributed by atoms with Crippen molar-refractivity contribution < 1.29 is 14.8 Å². The summed E-state index contributed by atoms with van der Waals surface area (Å²) in [5.74, 6) is -1.55. The fraction of sp³-hybridized carbons (Fsp3) is 0.222. The number of carboxylic acids is 1. The predicted octanol–water partition coefficient (Wildman–Crippen LogP) is 0.273. The van der Waals surface area contributed by atoms with Crippen molar-refractivity contribution in [2.24, 2.45) is 5.92 Å². The first-order valence-electron chi connectivity index (χ1n) is 4.33. The third-order valence-electron chi connectivity index (χ3n) is 2.50. The summed E-state index contributed by atoms with van der Waals surface area (Å²) in [5.41, 5.74) is 0.152. The smallest absolute Gasteiger partial charge is 0.333 e. The van der Waals surface area contributed by atoms with E-state index in [1.165, 1.54) is 18.4 Å². The quantitative estimate of drug-likeness (QED) is 0.502. The maximum Gasteiger partial charge on any atom is 0.333 e. The van der Waals surface area contributed by atoms with Crippen molar-refractivity contribution in [1.29, 1.82) is 0 Å². The Bertz CT molecular complexity index is 422. The van der Waals surface area contributed by atoms with E-state index < -0.39 is 22.9 Å². The highest BCUT2D eigenvalue weighted by Crippen LogP contribution is 2.30. The highest BCUT2D eigenvalue weighted by atomic mass is 16.6. The van der Waals surface area contributed by atoms with E-state index in [4.69, 9.17) is 5.11 Å². The average molecular weight is 208 g/mol. The van der Waals surface area contributed by atoms with Crippen molar-refractivity contribution in [3.8, 4) is 0 Å². The van der Waals surface area contributed by atoms with Gasteiger partial charge in [-0.2, -0.15) is 0 Å². The molecule has 0 saturated heterocycles. The Morgan fingerprint density at radius 3 is 2.93 bits per heavy atom. The first kappa shape index (κ1) is 9.45. The third-order valence-corrected chi connectivity index (χ3v) is 2.50. The van der Waals surface area contributed by atoms with Crippen molar-refractivity contribution in [2.45, 2.75) is 6.04 Å². The van der Waals surface area contributed by atoms with Crippen LogP contribution in [-0.2, 0) is 4.79 Å². The summed E-state index contributed by atoms with van der Waals surface area (Å²) in [6.45, 7) is 0. The van der Waals surface area contributed by atoms with Crippen molar-refractivity contribution in [3.63, 3.8) is 0 Å². The van der Waals surface area contributed by atoms with Crippen molar-refractivity contribution in [3.05, 3.63) is 45.8 Å². The minimum absolute atomic E-state index is 0.00287. The Morgan fingerprint density at radius 1 is 1.60 bits per heavy atom. The Kier molecular flexibility index (Phi) is 2.03. The summed E-state index contributed by atoms with van der Waals surface area (Å²) >= 11 is 0. The normalized spacial score (nSPS) is 27.5. The van der Waals surface area contributed by atoms with Crippen molar-refractivity contribution >= 4 is 5.97 Å². The SMILES string of the molecule is O=C(O)C1=CC=CC2C([N+](=O)[O-])=CNC12. The van der Waals surface area contributed by atoms with E-state index in [2.05, 4.69) is 5.32 Å². The molecule has 0 aromatic heterocycles. The van der Waals surface area contributed by atoms with Crippen LogP contribution in [0.5, 0.6) is 0 Å². The lowest BCUT2D eigenvalue weighted by molar-refractivity contribution is -0.431. The molecule has 2 atom stereocenters.